The molecule has 1 fully saturated rings. The number of halogens is 1. The summed E-state index contributed by atoms with van der Waals surface area (Å²) in [5, 5.41) is 8.77. The summed E-state index contributed by atoms with van der Waals surface area (Å²) in [5.74, 6) is -0.0544. The molecule has 0 spiro atoms. The number of rotatable bonds is 11. The van der Waals surface area contributed by atoms with Crippen LogP contribution in [-0.4, -0.2) is 25.3 Å². The van der Waals surface area contributed by atoms with Gasteiger partial charge in [-0.2, -0.15) is 5.26 Å². The second-order valence-corrected chi connectivity index (χ2v) is 8.55. The molecule has 0 N–H and O–H groups in total. The molecule has 3 rings (SSSR count). The lowest BCUT2D eigenvalue weighted by Gasteiger charge is -2.28. The maximum Gasteiger partial charge on any atom is 0.343 e. The number of nitrogens with zero attached hydrogens (tertiary/aromatic N) is 1. The molecule has 176 valence electrons. The van der Waals surface area contributed by atoms with Gasteiger partial charge >= 0.3 is 5.97 Å². The van der Waals surface area contributed by atoms with Gasteiger partial charge in [0, 0.05) is 12.7 Å². The Hall–Kier alpha value is -2.91. The van der Waals surface area contributed by atoms with Crippen LogP contribution in [0.4, 0.5) is 4.39 Å². The lowest BCUT2D eigenvalue weighted by atomic mass is 9.88. The van der Waals surface area contributed by atoms with E-state index < -0.39 is 11.8 Å². The minimum absolute atomic E-state index is 0.0531. The number of nitriles is 1. The Morgan fingerprint density at radius 2 is 1.76 bits per heavy atom. The van der Waals surface area contributed by atoms with Gasteiger partial charge in [-0.1, -0.05) is 26.2 Å². The summed E-state index contributed by atoms with van der Waals surface area (Å²) in [5.41, 5.74) is 0.239. The predicted octanol–water partition coefficient (Wildman–Crippen LogP) is 6.45. The predicted molar refractivity (Wildman–Crippen MR) is 124 cm³/mol. The van der Waals surface area contributed by atoms with Crippen molar-refractivity contribution in [2.24, 2.45) is 5.92 Å². The van der Waals surface area contributed by atoms with Gasteiger partial charge < -0.3 is 14.2 Å². The average Bonchev–Trinajstić information content (AvgIpc) is 2.84. The topological polar surface area (TPSA) is 68.6 Å². The third kappa shape index (κ3) is 7.87. The molecule has 2 aromatic carbocycles. The van der Waals surface area contributed by atoms with E-state index in [4.69, 9.17) is 19.5 Å². The summed E-state index contributed by atoms with van der Waals surface area (Å²) in [6.07, 6.45) is 9.71. The van der Waals surface area contributed by atoms with Crippen molar-refractivity contribution < 1.29 is 23.4 Å². The molecule has 33 heavy (non-hydrogen) atoms. The van der Waals surface area contributed by atoms with Crippen LogP contribution in [-0.2, 0) is 4.74 Å². The lowest BCUT2D eigenvalue weighted by molar-refractivity contribution is 0.0111. The molecule has 0 saturated heterocycles. The number of carbonyl (C=O) groups is 1. The van der Waals surface area contributed by atoms with E-state index >= 15 is 0 Å². The highest BCUT2D eigenvalue weighted by Crippen LogP contribution is 2.27. The summed E-state index contributed by atoms with van der Waals surface area (Å²) in [6.45, 7) is 3.74. The van der Waals surface area contributed by atoms with Crippen LogP contribution in [0.1, 0.15) is 74.2 Å². The molecule has 1 saturated carbocycles. The fourth-order valence-corrected chi connectivity index (χ4v) is 3.96. The normalized spacial score (nSPS) is 17.8. The van der Waals surface area contributed by atoms with Crippen molar-refractivity contribution in [3.05, 3.63) is 59.4 Å². The lowest BCUT2D eigenvalue weighted by Crippen LogP contribution is -2.25. The highest BCUT2D eigenvalue weighted by molar-refractivity contribution is 5.91. The third-order valence-electron chi connectivity index (χ3n) is 5.99. The van der Waals surface area contributed by atoms with E-state index in [-0.39, 0.29) is 11.3 Å². The van der Waals surface area contributed by atoms with Crippen molar-refractivity contribution in [1.29, 1.82) is 5.26 Å². The second-order valence-electron chi connectivity index (χ2n) is 8.55. The van der Waals surface area contributed by atoms with Gasteiger partial charge in [-0.3, -0.25) is 0 Å². The van der Waals surface area contributed by atoms with Gasteiger partial charge in [-0.05, 0) is 74.4 Å². The summed E-state index contributed by atoms with van der Waals surface area (Å²) < 4.78 is 30.8. The molecule has 0 amide bonds. The number of carbonyl (C=O) groups excluding carboxylic acids is 1. The van der Waals surface area contributed by atoms with E-state index in [2.05, 4.69) is 6.92 Å². The van der Waals surface area contributed by atoms with E-state index in [9.17, 15) is 9.18 Å². The molecule has 0 aromatic heterocycles. The first-order chi connectivity index (χ1) is 16.1. The molecular formula is C27H32FNO4. The van der Waals surface area contributed by atoms with Crippen LogP contribution < -0.4 is 9.47 Å². The quantitative estimate of drug-likeness (QED) is 0.222. The van der Waals surface area contributed by atoms with E-state index in [1.165, 1.54) is 31.4 Å². The molecule has 2 aromatic rings. The fraction of sp³-hybridized carbons (Fsp3) is 0.481. The van der Waals surface area contributed by atoms with Crippen LogP contribution in [0.3, 0.4) is 0 Å². The van der Waals surface area contributed by atoms with Crippen LogP contribution in [0.15, 0.2) is 42.5 Å². The summed E-state index contributed by atoms with van der Waals surface area (Å²) in [6, 6.07) is 12.2. The molecule has 0 aliphatic heterocycles. The zero-order valence-corrected chi connectivity index (χ0v) is 19.2. The maximum atomic E-state index is 13.7. The SMILES string of the molecule is CCCCCCOC1CCC(COc2ccc(C(=O)Oc3ccc(C#N)c(F)c3)cc2)CC1. The summed E-state index contributed by atoms with van der Waals surface area (Å²) in [4.78, 5) is 12.3. The van der Waals surface area contributed by atoms with Gasteiger partial charge in [0.25, 0.3) is 0 Å². The smallest absolute Gasteiger partial charge is 0.343 e. The number of ether oxygens (including phenoxy) is 3. The van der Waals surface area contributed by atoms with E-state index in [0.717, 1.165) is 44.8 Å². The Balaban J connectivity index is 1.38. The Morgan fingerprint density at radius 1 is 1.03 bits per heavy atom. The molecule has 6 heteroatoms. The molecule has 1 aliphatic carbocycles. The number of hydrogen-bond donors (Lipinski definition) is 0. The summed E-state index contributed by atoms with van der Waals surface area (Å²) in [7, 11) is 0. The molecule has 0 radical (unpaired) electrons. The highest BCUT2D eigenvalue weighted by atomic mass is 19.1. The number of hydrogen-bond acceptors (Lipinski definition) is 5. The van der Waals surface area contributed by atoms with Crippen LogP contribution in [0.2, 0.25) is 0 Å². The molecule has 0 heterocycles. The van der Waals surface area contributed by atoms with Crippen molar-refractivity contribution in [3.8, 4) is 17.6 Å². The minimum atomic E-state index is -0.723. The fourth-order valence-electron chi connectivity index (χ4n) is 3.96. The first kappa shape index (κ1) is 24.7. The van der Waals surface area contributed by atoms with Gasteiger partial charge in [-0.25, -0.2) is 9.18 Å². The third-order valence-corrected chi connectivity index (χ3v) is 5.99. The van der Waals surface area contributed by atoms with Gasteiger partial charge in [0.15, 0.2) is 0 Å². The van der Waals surface area contributed by atoms with Crippen molar-refractivity contribution in [2.45, 2.75) is 64.4 Å². The number of esters is 1. The van der Waals surface area contributed by atoms with Crippen LogP contribution in [0.5, 0.6) is 11.5 Å². The first-order valence-electron chi connectivity index (χ1n) is 11.8. The Bertz CT molecular complexity index is 930. The first-order valence-corrected chi connectivity index (χ1v) is 11.8. The van der Waals surface area contributed by atoms with E-state index in [0.29, 0.717) is 29.9 Å². The molecule has 1 aliphatic rings. The largest absolute Gasteiger partial charge is 0.493 e. The Kier molecular flexibility index (Phi) is 9.71. The zero-order valence-electron chi connectivity index (χ0n) is 19.2. The van der Waals surface area contributed by atoms with Crippen molar-refractivity contribution in [2.75, 3.05) is 13.2 Å². The highest BCUT2D eigenvalue weighted by Gasteiger charge is 2.22. The van der Waals surface area contributed by atoms with E-state index in [1.807, 2.05) is 0 Å². The molecule has 0 unspecified atom stereocenters. The molecule has 5 nitrogen and oxygen atoms in total. The standard InChI is InChI=1S/C27H32FNO4/c1-2-3-4-5-16-31-23-11-6-20(7-12-23)19-32-24-13-8-21(9-14-24)27(30)33-25-15-10-22(18-29)26(28)17-25/h8-10,13-15,17,20,23H,2-7,11-12,16,19H2,1H3. The summed E-state index contributed by atoms with van der Waals surface area (Å²) >= 11 is 0. The van der Waals surface area contributed by atoms with E-state index in [1.54, 1.807) is 30.3 Å². The maximum absolute atomic E-state index is 13.7. The van der Waals surface area contributed by atoms with Gasteiger partial charge in [0.05, 0.1) is 23.8 Å². The van der Waals surface area contributed by atoms with Gasteiger partial charge in [0.1, 0.15) is 23.4 Å². The van der Waals surface area contributed by atoms with Crippen molar-refractivity contribution in [3.63, 3.8) is 0 Å². The van der Waals surface area contributed by atoms with Crippen molar-refractivity contribution >= 4 is 5.97 Å². The monoisotopic (exact) mass is 453 g/mol. The number of unbranched alkanes of at least 4 members (excludes halogenated alkanes) is 3. The van der Waals surface area contributed by atoms with Crippen LogP contribution >= 0.6 is 0 Å². The number of benzene rings is 2. The molecule has 0 bridgehead atoms. The molecular weight excluding hydrogens is 421 g/mol. The Labute approximate surface area is 195 Å². The average molecular weight is 454 g/mol. The minimum Gasteiger partial charge on any atom is -0.493 e. The second kappa shape index (κ2) is 13.0. The van der Waals surface area contributed by atoms with Crippen molar-refractivity contribution in [1.82, 2.24) is 0 Å². The Morgan fingerprint density at radius 3 is 2.42 bits per heavy atom. The molecule has 0 atom stereocenters. The zero-order chi connectivity index (χ0) is 23.5. The van der Waals surface area contributed by atoms with Gasteiger partial charge in [-0.15, -0.1) is 0 Å². The van der Waals surface area contributed by atoms with Crippen LogP contribution in [0.25, 0.3) is 0 Å². The van der Waals surface area contributed by atoms with Crippen LogP contribution in [0, 0.1) is 23.1 Å². The van der Waals surface area contributed by atoms with Gasteiger partial charge in [0.2, 0.25) is 0 Å².